The third kappa shape index (κ3) is 1.57. The number of aromatic nitrogens is 3. The van der Waals surface area contributed by atoms with Crippen LogP contribution in [0, 0.1) is 0 Å². The van der Waals surface area contributed by atoms with E-state index in [1.54, 1.807) is 18.0 Å². The van der Waals surface area contributed by atoms with Crippen LogP contribution in [0.5, 0.6) is 0 Å². The van der Waals surface area contributed by atoms with Crippen molar-refractivity contribution < 1.29 is 4.74 Å². The SMILES string of the molecule is Cn1ncc(C2(N)CCOCC2)n1. The number of aryl methyl sites for hydroxylation is 1. The highest BCUT2D eigenvalue weighted by molar-refractivity contribution is 5.10. The first kappa shape index (κ1) is 8.65. The van der Waals surface area contributed by atoms with Gasteiger partial charge < -0.3 is 10.5 Å². The number of nitrogens with zero attached hydrogens (tertiary/aromatic N) is 3. The maximum absolute atomic E-state index is 6.20. The van der Waals surface area contributed by atoms with Crippen LogP contribution < -0.4 is 5.73 Å². The van der Waals surface area contributed by atoms with Crippen LogP contribution in [0.1, 0.15) is 18.5 Å². The zero-order valence-corrected chi connectivity index (χ0v) is 7.73. The molecule has 0 amide bonds. The molecule has 5 heteroatoms. The van der Waals surface area contributed by atoms with Gasteiger partial charge in [0.05, 0.1) is 11.7 Å². The summed E-state index contributed by atoms with van der Waals surface area (Å²) in [6.07, 6.45) is 3.39. The maximum Gasteiger partial charge on any atom is 0.103 e. The molecule has 13 heavy (non-hydrogen) atoms. The molecule has 0 spiro atoms. The van der Waals surface area contributed by atoms with Gasteiger partial charge in [-0.1, -0.05) is 0 Å². The molecule has 2 heterocycles. The van der Waals surface area contributed by atoms with E-state index in [4.69, 9.17) is 10.5 Å². The van der Waals surface area contributed by atoms with E-state index in [0.717, 1.165) is 18.5 Å². The molecule has 0 bridgehead atoms. The highest BCUT2D eigenvalue weighted by Crippen LogP contribution is 2.26. The molecule has 1 aliphatic rings. The second-order valence-corrected chi connectivity index (χ2v) is 3.49. The molecule has 72 valence electrons. The van der Waals surface area contributed by atoms with Crippen LogP contribution in [-0.4, -0.2) is 28.2 Å². The average Bonchev–Trinajstić information content (AvgIpc) is 2.54. The first-order chi connectivity index (χ1) is 6.21. The van der Waals surface area contributed by atoms with E-state index < -0.39 is 0 Å². The van der Waals surface area contributed by atoms with Gasteiger partial charge in [-0.05, 0) is 12.8 Å². The molecule has 0 unspecified atom stereocenters. The normalized spacial score (nSPS) is 21.7. The number of ether oxygens (including phenoxy) is 1. The lowest BCUT2D eigenvalue weighted by Gasteiger charge is -2.31. The lowest BCUT2D eigenvalue weighted by atomic mass is 9.88. The summed E-state index contributed by atoms with van der Waals surface area (Å²) in [5, 5.41) is 8.25. The second kappa shape index (κ2) is 3.08. The van der Waals surface area contributed by atoms with Crippen molar-refractivity contribution in [1.82, 2.24) is 15.0 Å². The van der Waals surface area contributed by atoms with Gasteiger partial charge in [0.2, 0.25) is 0 Å². The highest BCUT2D eigenvalue weighted by atomic mass is 16.5. The van der Waals surface area contributed by atoms with Crippen molar-refractivity contribution in [3.05, 3.63) is 11.9 Å². The molecule has 1 aliphatic heterocycles. The second-order valence-electron chi connectivity index (χ2n) is 3.49. The summed E-state index contributed by atoms with van der Waals surface area (Å²) in [7, 11) is 1.80. The van der Waals surface area contributed by atoms with Crippen molar-refractivity contribution in [2.45, 2.75) is 18.4 Å². The average molecular weight is 182 g/mol. The maximum atomic E-state index is 6.20. The predicted octanol–water partition coefficient (Wildman–Crippen LogP) is -0.221. The van der Waals surface area contributed by atoms with E-state index in [2.05, 4.69) is 10.2 Å². The third-order valence-electron chi connectivity index (χ3n) is 2.49. The number of rotatable bonds is 1. The van der Waals surface area contributed by atoms with Gasteiger partial charge in [0.1, 0.15) is 5.69 Å². The Balaban J connectivity index is 2.22. The molecule has 2 rings (SSSR count). The number of nitrogens with two attached hydrogens (primary N) is 1. The Hall–Kier alpha value is -0.940. The zero-order valence-electron chi connectivity index (χ0n) is 7.73. The Bertz CT molecular complexity index is 290. The molecule has 5 nitrogen and oxygen atoms in total. The minimum atomic E-state index is -0.327. The molecule has 0 saturated carbocycles. The summed E-state index contributed by atoms with van der Waals surface area (Å²) in [6.45, 7) is 1.43. The summed E-state index contributed by atoms with van der Waals surface area (Å²) < 4.78 is 5.26. The summed E-state index contributed by atoms with van der Waals surface area (Å²) in [6, 6.07) is 0. The van der Waals surface area contributed by atoms with E-state index in [1.807, 2.05) is 0 Å². The quantitative estimate of drug-likeness (QED) is 0.652. The topological polar surface area (TPSA) is 66.0 Å². The van der Waals surface area contributed by atoms with Crippen LogP contribution >= 0.6 is 0 Å². The summed E-state index contributed by atoms with van der Waals surface area (Å²) >= 11 is 0. The first-order valence-electron chi connectivity index (χ1n) is 4.44. The van der Waals surface area contributed by atoms with E-state index in [-0.39, 0.29) is 5.54 Å². The fourth-order valence-electron chi connectivity index (χ4n) is 1.57. The number of hydrogen-bond donors (Lipinski definition) is 1. The van der Waals surface area contributed by atoms with Crippen molar-refractivity contribution in [2.24, 2.45) is 12.8 Å². The number of hydrogen-bond acceptors (Lipinski definition) is 4. The molecule has 1 aromatic rings. The van der Waals surface area contributed by atoms with Gasteiger partial charge in [-0.25, -0.2) is 0 Å². The molecule has 0 radical (unpaired) electrons. The molecule has 1 fully saturated rings. The Morgan fingerprint density at radius 2 is 2.23 bits per heavy atom. The molecule has 0 aliphatic carbocycles. The fraction of sp³-hybridized carbons (Fsp3) is 0.750. The lowest BCUT2D eigenvalue weighted by molar-refractivity contribution is 0.0506. The molecule has 1 aromatic heterocycles. The van der Waals surface area contributed by atoms with E-state index in [9.17, 15) is 0 Å². The van der Waals surface area contributed by atoms with Gasteiger partial charge in [-0.15, -0.1) is 0 Å². The molecule has 1 saturated heterocycles. The minimum absolute atomic E-state index is 0.327. The molecular weight excluding hydrogens is 168 g/mol. The van der Waals surface area contributed by atoms with Gasteiger partial charge in [0.25, 0.3) is 0 Å². The Morgan fingerprint density at radius 3 is 2.77 bits per heavy atom. The van der Waals surface area contributed by atoms with Crippen molar-refractivity contribution in [3.63, 3.8) is 0 Å². The van der Waals surface area contributed by atoms with Crippen LogP contribution in [0.25, 0.3) is 0 Å². The third-order valence-corrected chi connectivity index (χ3v) is 2.49. The van der Waals surface area contributed by atoms with Gasteiger partial charge >= 0.3 is 0 Å². The van der Waals surface area contributed by atoms with E-state index >= 15 is 0 Å². The molecule has 0 aromatic carbocycles. The summed E-state index contributed by atoms with van der Waals surface area (Å²) in [4.78, 5) is 1.54. The first-order valence-corrected chi connectivity index (χ1v) is 4.44. The predicted molar refractivity (Wildman–Crippen MR) is 46.9 cm³/mol. The van der Waals surface area contributed by atoms with Gasteiger partial charge in [0.15, 0.2) is 0 Å². The Kier molecular flexibility index (Phi) is 2.05. The zero-order chi connectivity index (χ0) is 9.31. The molecular formula is C8H14N4O. The Morgan fingerprint density at radius 1 is 1.54 bits per heavy atom. The van der Waals surface area contributed by atoms with Gasteiger partial charge in [-0.2, -0.15) is 15.0 Å². The molecule has 2 N–H and O–H groups in total. The highest BCUT2D eigenvalue weighted by Gasteiger charge is 2.32. The van der Waals surface area contributed by atoms with Crippen LogP contribution in [0.2, 0.25) is 0 Å². The Labute approximate surface area is 76.9 Å². The fourth-order valence-corrected chi connectivity index (χ4v) is 1.57. The lowest BCUT2D eigenvalue weighted by Crippen LogP contribution is -2.42. The monoisotopic (exact) mass is 182 g/mol. The van der Waals surface area contributed by atoms with Crippen LogP contribution in [-0.2, 0) is 17.3 Å². The smallest absolute Gasteiger partial charge is 0.103 e. The van der Waals surface area contributed by atoms with Crippen LogP contribution in [0.15, 0.2) is 6.20 Å². The van der Waals surface area contributed by atoms with Crippen molar-refractivity contribution in [3.8, 4) is 0 Å². The van der Waals surface area contributed by atoms with Crippen molar-refractivity contribution in [2.75, 3.05) is 13.2 Å². The standard InChI is InChI=1S/C8H14N4O/c1-12-10-6-7(11-12)8(9)2-4-13-5-3-8/h6H,2-5,9H2,1H3. The molecule has 0 atom stereocenters. The van der Waals surface area contributed by atoms with Gasteiger partial charge in [0, 0.05) is 20.3 Å². The van der Waals surface area contributed by atoms with E-state index in [1.165, 1.54) is 0 Å². The van der Waals surface area contributed by atoms with Crippen molar-refractivity contribution in [1.29, 1.82) is 0 Å². The minimum Gasteiger partial charge on any atom is -0.381 e. The summed E-state index contributed by atoms with van der Waals surface area (Å²) in [5.74, 6) is 0. The van der Waals surface area contributed by atoms with Crippen LogP contribution in [0.4, 0.5) is 0 Å². The van der Waals surface area contributed by atoms with E-state index in [0.29, 0.717) is 13.2 Å². The summed E-state index contributed by atoms with van der Waals surface area (Å²) in [5.41, 5.74) is 6.74. The van der Waals surface area contributed by atoms with Gasteiger partial charge in [-0.3, -0.25) is 0 Å². The van der Waals surface area contributed by atoms with Crippen molar-refractivity contribution >= 4 is 0 Å². The largest absolute Gasteiger partial charge is 0.381 e. The van der Waals surface area contributed by atoms with Crippen LogP contribution in [0.3, 0.4) is 0 Å².